The van der Waals surface area contributed by atoms with Crippen molar-refractivity contribution >= 4 is 11.9 Å². The summed E-state index contributed by atoms with van der Waals surface area (Å²) in [5.74, 6) is -1.18. The SMILES string of the molecule is CCOC(=O)CCc1cc(OC)ccc1C(O)C(=O)O. The summed E-state index contributed by atoms with van der Waals surface area (Å²) < 4.78 is 9.88. The summed E-state index contributed by atoms with van der Waals surface area (Å²) in [5.41, 5.74) is 0.801. The summed E-state index contributed by atoms with van der Waals surface area (Å²) in [7, 11) is 1.48. The number of rotatable bonds is 7. The summed E-state index contributed by atoms with van der Waals surface area (Å²) >= 11 is 0. The Balaban J connectivity index is 2.94. The maximum absolute atomic E-state index is 11.4. The zero-order chi connectivity index (χ0) is 15.1. The molecule has 0 aliphatic rings. The van der Waals surface area contributed by atoms with Crippen molar-refractivity contribution < 1.29 is 29.3 Å². The van der Waals surface area contributed by atoms with Crippen LogP contribution in [0.3, 0.4) is 0 Å². The van der Waals surface area contributed by atoms with E-state index in [1.54, 1.807) is 19.1 Å². The highest BCUT2D eigenvalue weighted by Crippen LogP contribution is 2.24. The lowest BCUT2D eigenvalue weighted by Crippen LogP contribution is -2.14. The third-order valence-corrected chi connectivity index (χ3v) is 2.78. The topological polar surface area (TPSA) is 93.1 Å². The second-order valence-electron chi connectivity index (χ2n) is 4.11. The number of hydrogen-bond acceptors (Lipinski definition) is 5. The van der Waals surface area contributed by atoms with Gasteiger partial charge in [0.2, 0.25) is 0 Å². The van der Waals surface area contributed by atoms with Crippen molar-refractivity contribution in [3.8, 4) is 5.75 Å². The summed E-state index contributed by atoms with van der Waals surface area (Å²) in [6.45, 7) is 2.00. The van der Waals surface area contributed by atoms with Gasteiger partial charge in [0.1, 0.15) is 5.75 Å². The first-order chi connectivity index (χ1) is 9.49. The Morgan fingerprint density at radius 2 is 2.05 bits per heavy atom. The Morgan fingerprint density at radius 1 is 1.35 bits per heavy atom. The van der Waals surface area contributed by atoms with Gasteiger partial charge in [-0.25, -0.2) is 4.79 Å². The van der Waals surface area contributed by atoms with Crippen molar-refractivity contribution in [3.63, 3.8) is 0 Å². The fourth-order valence-corrected chi connectivity index (χ4v) is 1.80. The molecule has 6 heteroatoms. The van der Waals surface area contributed by atoms with E-state index in [-0.39, 0.29) is 24.4 Å². The van der Waals surface area contributed by atoms with E-state index in [2.05, 4.69) is 0 Å². The van der Waals surface area contributed by atoms with Gasteiger partial charge in [0.15, 0.2) is 6.10 Å². The number of esters is 1. The van der Waals surface area contributed by atoms with Gasteiger partial charge in [0, 0.05) is 6.42 Å². The van der Waals surface area contributed by atoms with Gasteiger partial charge in [-0.2, -0.15) is 0 Å². The van der Waals surface area contributed by atoms with Crippen LogP contribution in [0.4, 0.5) is 0 Å². The van der Waals surface area contributed by atoms with Gasteiger partial charge in [0.25, 0.3) is 0 Å². The van der Waals surface area contributed by atoms with E-state index < -0.39 is 12.1 Å². The van der Waals surface area contributed by atoms with Crippen LogP contribution >= 0.6 is 0 Å². The molecule has 0 saturated heterocycles. The van der Waals surface area contributed by atoms with Gasteiger partial charge in [-0.15, -0.1) is 0 Å². The van der Waals surface area contributed by atoms with Crippen LogP contribution in [0.2, 0.25) is 0 Å². The number of aliphatic carboxylic acids is 1. The second kappa shape index (κ2) is 7.49. The predicted octanol–water partition coefficient (Wildman–Crippen LogP) is 1.31. The molecule has 0 aromatic heterocycles. The van der Waals surface area contributed by atoms with Gasteiger partial charge in [-0.1, -0.05) is 6.07 Å². The molecule has 20 heavy (non-hydrogen) atoms. The lowest BCUT2D eigenvalue weighted by atomic mass is 9.98. The third-order valence-electron chi connectivity index (χ3n) is 2.78. The van der Waals surface area contributed by atoms with Crippen molar-refractivity contribution in [2.45, 2.75) is 25.9 Å². The molecule has 0 bridgehead atoms. The van der Waals surface area contributed by atoms with Crippen molar-refractivity contribution in [2.75, 3.05) is 13.7 Å². The fourth-order valence-electron chi connectivity index (χ4n) is 1.80. The molecular formula is C14H18O6. The van der Waals surface area contributed by atoms with Crippen LogP contribution in [-0.4, -0.2) is 35.9 Å². The normalized spacial score (nSPS) is 11.8. The molecule has 6 nitrogen and oxygen atoms in total. The van der Waals surface area contributed by atoms with E-state index >= 15 is 0 Å². The Bertz CT molecular complexity index is 483. The first kappa shape index (κ1) is 16.0. The Morgan fingerprint density at radius 3 is 2.60 bits per heavy atom. The van der Waals surface area contributed by atoms with Gasteiger partial charge in [-0.05, 0) is 36.6 Å². The summed E-state index contributed by atoms with van der Waals surface area (Å²) in [4.78, 5) is 22.2. The van der Waals surface area contributed by atoms with Gasteiger partial charge >= 0.3 is 11.9 Å². The molecule has 1 rings (SSSR count). The number of carbonyl (C=O) groups is 2. The molecule has 0 fully saturated rings. The smallest absolute Gasteiger partial charge is 0.337 e. The predicted molar refractivity (Wildman–Crippen MR) is 70.5 cm³/mol. The molecule has 0 aliphatic heterocycles. The number of hydrogen-bond donors (Lipinski definition) is 2. The minimum absolute atomic E-state index is 0.111. The molecule has 0 saturated carbocycles. The first-order valence-corrected chi connectivity index (χ1v) is 6.22. The van der Waals surface area contributed by atoms with Crippen LogP contribution in [0, 0.1) is 0 Å². The summed E-state index contributed by atoms with van der Waals surface area (Å²) in [6.07, 6.45) is -1.24. The van der Waals surface area contributed by atoms with E-state index in [0.29, 0.717) is 17.9 Å². The molecule has 1 aromatic rings. The first-order valence-electron chi connectivity index (χ1n) is 6.22. The minimum atomic E-state index is -1.63. The largest absolute Gasteiger partial charge is 0.497 e. The van der Waals surface area contributed by atoms with Crippen molar-refractivity contribution in [3.05, 3.63) is 29.3 Å². The lowest BCUT2D eigenvalue weighted by Gasteiger charge is -2.13. The monoisotopic (exact) mass is 282 g/mol. The van der Waals surface area contributed by atoms with Crippen LogP contribution < -0.4 is 4.74 Å². The molecule has 0 radical (unpaired) electrons. The number of aryl methyl sites for hydroxylation is 1. The lowest BCUT2D eigenvalue weighted by molar-refractivity contribution is -0.147. The number of aliphatic hydroxyl groups excluding tert-OH is 1. The number of methoxy groups -OCH3 is 1. The number of ether oxygens (including phenoxy) is 2. The van der Waals surface area contributed by atoms with Gasteiger partial charge < -0.3 is 19.7 Å². The molecule has 0 aliphatic carbocycles. The molecule has 1 atom stereocenters. The van der Waals surface area contributed by atoms with Crippen molar-refractivity contribution in [1.82, 2.24) is 0 Å². The highest BCUT2D eigenvalue weighted by molar-refractivity contribution is 5.75. The van der Waals surface area contributed by atoms with Crippen molar-refractivity contribution in [2.24, 2.45) is 0 Å². The number of carboxylic acid groups (broad SMARTS) is 1. The van der Waals surface area contributed by atoms with Crippen molar-refractivity contribution in [1.29, 1.82) is 0 Å². The molecule has 0 heterocycles. The highest BCUT2D eigenvalue weighted by atomic mass is 16.5. The quantitative estimate of drug-likeness (QED) is 0.732. The van der Waals surface area contributed by atoms with Crippen LogP contribution in [0.15, 0.2) is 18.2 Å². The molecule has 1 unspecified atom stereocenters. The number of carboxylic acids is 1. The summed E-state index contributed by atoms with van der Waals surface area (Å²) in [5, 5.41) is 18.5. The highest BCUT2D eigenvalue weighted by Gasteiger charge is 2.20. The minimum Gasteiger partial charge on any atom is -0.497 e. The van der Waals surface area contributed by atoms with Gasteiger partial charge in [0.05, 0.1) is 13.7 Å². The van der Waals surface area contributed by atoms with E-state index in [1.807, 2.05) is 0 Å². The standard InChI is InChI=1S/C14H18O6/c1-3-20-12(15)7-4-9-8-10(19-2)5-6-11(9)13(16)14(17)18/h5-6,8,13,16H,3-4,7H2,1-2H3,(H,17,18). The second-order valence-corrected chi connectivity index (χ2v) is 4.11. The Hall–Kier alpha value is -2.08. The Labute approximate surface area is 116 Å². The summed E-state index contributed by atoms with van der Waals surface area (Å²) in [6, 6.07) is 4.66. The zero-order valence-electron chi connectivity index (χ0n) is 11.5. The van der Waals surface area contributed by atoms with Crippen LogP contribution in [0.25, 0.3) is 0 Å². The van der Waals surface area contributed by atoms with E-state index in [1.165, 1.54) is 13.2 Å². The molecule has 110 valence electrons. The maximum atomic E-state index is 11.4. The number of benzene rings is 1. The molecule has 2 N–H and O–H groups in total. The molecule has 0 amide bonds. The van der Waals surface area contributed by atoms with E-state index in [9.17, 15) is 14.7 Å². The Kier molecular flexibility index (Phi) is 5.99. The van der Waals surface area contributed by atoms with Gasteiger partial charge in [-0.3, -0.25) is 4.79 Å². The average Bonchev–Trinajstić information content (AvgIpc) is 2.44. The average molecular weight is 282 g/mol. The van der Waals surface area contributed by atoms with Crippen LogP contribution in [0.1, 0.15) is 30.6 Å². The number of carbonyl (C=O) groups excluding carboxylic acids is 1. The molecule has 0 spiro atoms. The molecular weight excluding hydrogens is 264 g/mol. The van der Waals surface area contributed by atoms with Crippen LogP contribution in [-0.2, 0) is 20.7 Å². The maximum Gasteiger partial charge on any atom is 0.337 e. The third kappa shape index (κ3) is 4.24. The number of aliphatic hydroxyl groups is 1. The van der Waals surface area contributed by atoms with E-state index in [0.717, 1.165) is 0 Å². The fraction of sp³-hybridized carbons (Fsp3) is 0.429. The van der Waals surface area contributed by atoms with Crippen LogP contribution in [0.5, 0.6) is 5.75 Å². The molecule has 1 aromatic carbocycles. The zero-order valence-corrected chi connectivity index (χ0v) is 11.5. The van der Waals surface area contributed by atoms with E-state index in [4.69, 9.17) is 14.6 Å².